The zero-order valence-electron chi connectivity index (χ0n) is 12.5. The number of hydrogen-bond acceptors (Lipinski definition) is 4. The number of nitrogens with zero attached hydrogens (tertiary/aromatic N) is 2. The molecule has 0 amide bonds. The van der Waals surface area contributed by atoms with Crippen molar-refractivity contribution >= 4 is 16.5 Å². The van der Waals surface area contributed by atoms with Crippen LogP contribution in [-0.4, -0.2) is 23.2 Å². The van der Waals surface area contributed by atoms with Crippen LogP contribution < -0.4 is 4.90 Å². The van der Waals surface area contributed by atoms with Gasteiger partial charge in [-0.1, -0.05) is 39.0 Å². The van der Waals surface area contributed by atoms with Crippen LogP contribution in [0.15, 0.2) is 0 Å². The molecule has 4 heteroatoms. The van der Waals surface area contributed by atoms with Gasteiger partial charge in [-0.15, -0.1) is 0 Å². The second kappa shape index (κ2) is 6.23. The smallest absolute Gasteiger partial charge is 0.185 e. The number of anilines is 1. The van der Waals surface area contributed by atoms with Crippen molar-refractivity contribution in [2.24, 2.45) is 11.8 Å². The van der Waals surface area contributed by atoms with Crippen LogP contribution >= 0.6 is 11.3 Å². The Labute approximate surface area is 120 Å². The van der Waals surface area contributed by atoms with E-state index in [9.17, 15) is 5.11 Å². The van der Waals surface area contributed by atoms with Crippen LogP contribution in [0.2, 0.25) is 0 Å². The number of thiazole rings is 1. The summed E-state index contributed by atoms with van der Waals surface area (Å²) in [6.45, 7) is 11.1. The topological polar surface area (TPSA) is 36.4 Å². The van der Waals surface area contributed by atoms with E-state index in [1.54, 1.807) is 11.3 Å². The van der Waals surface area contributed by atoms with Gasteiger partial charge in [-0.3, -0.25) is 0 Å². The van der Waals surface area contributed by atoms with Gasteiger partial charge < -0.3 is 10.0 Å². The minimum Gasteiger partial charge on any atom is -0.388 e. The van der Waals surface area contributed by atoms with E-state index >= 15 is 0 Å². The fourth-order valence-corrected chi connectivity index (χ4v) is 3.78. The predicted octanol–water partition coefficient (Wildman–Crippen LogP) is 3.63. The molecule has 0 aliphatic heterocycles. The number of aliphatic hydroxyl groups excluding tert-OH is 1. The summed E-state index contributed by atoms with van der Waals surface area (Å²) in [7, 11) is 0. The third kappa shape index (κ3) is 3.69. The lowest BCUT2D eigenvalue weighted by Gasteiger charge is -2.25. The molecule has 0 radical (unpaired) electrons. The number of fused-ring (bicyclic) bond motifs is 1. The van der Waals surface area contributed by atoms with Gasteiger partial charge in [0.15, 0.2) is 5.13 Å². The number of hydrogen-bond donors (Lipinski definition) is 1. The predicted molar refractivity (Wildman–Crippen MR) is 81.9 cm³/mol. The van der Waals surface area contributed by atoms with Crippen LogP contribution in [0.1, 0.15) is 57.2 Å². The number of rotatable bonds is 5. The average molecular weight is 282 g/mol. The fourth-order valence-electron chi connectivity index (χ4n) is 2.63. The van der Waals surface area contributed by atoms with E-state index in [-0.39, 0.29) is 6.10 Å². The van der Waals surface area contributed by atoms with E-state index in [4.69, 9.17) is 4.98 Å². The number of aliphatic hydroxyl groups is 1. The normalized spacial score (nSPS) is 19.0. The van der Waals surface area contributed by atoms with Gasteiger partial charge in [-0.05, 0) is 31.1 Å². The van der Waals surface area contributed by atoms with Crippen molar-refractivity contribution in [3.8, 4) is 0 Å². The van der Waals surface area contributed by atoms with Crippen molar-refractivity contribution in [2.75, 3.05) is 18.0 Å². The highest BCUT2D eigenvalue weighted by Crippen LogP contribution is 2.37. The lowest BCUT2D eigenvalue weighted by atomic mass is 10.0. The third-order valence-electron chi connectivity index (χ3n) is 3.35. The van der Waals surface area contributed by atoms with E-state index in [2.05, 4.69) is 32.6 Å². The zero-order valence-corrected chi connectivity index (χ0v) is 13.3. The first-order chi connectivity index (χ1) is 8.97. The van der Waals surface area contributed by atoms with Gasteiger partial charge in [0, 0.05) is 13.1 Å². The lowest BCUT2D eigenvalue weighted by Crippen LogP contribution is -2.31. The van der Waals surface area contributed by atoms with Gasteiger partial charge in [0.25, 0.3) is 0 Å². The molecule has 0 spiro atoms. The minimum absolute atomic E-state index is 0.282. The largest absolute Gasteiger partial charge is 0.388 e. The summed E-state index contributed by atoms with van der Waals surface area (Å²) in [6.07, 6.45) is 2.70. The highest BCUT2D eigenvalue weighted by atomic mass is 32.1. The standard InChI is InChI=1S/C15H26N2OS/c1-10(2)8-17(9-11(3)4)15-16-12-6-5-7-13(18)14(12)19-15/h10-11,13,18H,5-9H2,1-4H3. The molecule has 1 heterocycles. The van der Waals surface area contributed by atoms with Crippen molar-refractivity contribution in [3.05, 3.63) is 10.6 Å². The van der Waals surface area contributed by atoms with Gasteiger partial charge in [-0.2, -0.15) is 0 Å². The maximum absolute atomic E-state index is 10.1. The Morgan fingerprint density at radius 1 is 1.26 bits per heavy atom. The molecule has 2 rings (SSSR count). The molecular formula is C15H26N2OS. The molecule has 1 unspecified atom stereocenters. The van der Waals surface area contributed by atoms with Gasteiger partial charge >= 0.3 is 0 Å². The Morgan fingerprint density at radius 2 is 1.89 bits per heavy atom. The van der Waals surface area contributed by atoms with Gasteiger partial charge in [0.2, 0.25) is 0 Å². The van der Waals surface area contributed by atoms with Crippen molar-refractivity contribution < 1.29 is 5.11 Å². The molecule has 1 N–H and O–H groups in total. The third-order valence-corrected chi connectivity index (χ3v) is 4.61. The van der Waals surface area contributed by atoms with E-state index in [0.717, 1.165) is 48.1 Å². The molecule has 1 aromatic heterocycles. The monoisotopic (exact) mass is 282 g/mol. The molecule has 1 aliphatic carbocycles. The molecule has 0 bridgehead atoms. The fraction of sp³-hybridized carbons (Fsp3) is 0.800. The van der Waals surface area contributed by atoms with E-state index in [0.29, 0.717) is 11.8 Å². The van der Waals surface area contributed by atoms with E-state index in [1.807, 2.05) is 0 Å². The molecule has 0 fully saturated rings. The first kappa shape index (κ1) is 14.8. The van der Waals surface area contributed by atoms with Crippen LogP contribution in [0.25, 0.3) is 0 Å². The zero-order chi connectivity index (χ0) is 14.0. The first-order valence-electron chi connectivity index (χ1n) is 7.40. The summed E-state index contributed by atoms with van der Waals surface area (Å²) in [4.78, 5) is 8.30. The van der Waals surface area contributed by atoms with Crippen LogP contribution in [0.4, 0.5) is 5.13 Å². The Morgan fingerprint density at radius 3 is 2.42 bits per heavy atom. The summed E-state index contributed by atoms with van der Waals surface area (Å²) in [5.41, 5.74) is 1.14. The molecular weight excluding hydrogens is 256 g/mol. The molecule has 1 aromatic rings. The van der Waals surface area contributed by atoms with Crippen molar-refractivity contribution in [2.45, 2.75) is 53.1 Å². The van der Waals surface area contributed by atoms with Gasteiger partial charge in [-0.25, -0.2) is 4.98 Å². The first-order valence-corrected chi connectivity index (χ1v) is 8.21. The summed E-state index contributed by atoms with van der Waals surface area (Å²) in [5, 5.41) is 11.2. The molecule has 1 aliphatic rings. The van der Waals surface area contributed by atoms with E-state index in [1.165, 1.54) is 0 Å². The molecule has 0 saturated carbocycles. The second-order valence-electron chi connectivity index (χ2n) is 6.41. The Kier molecular flexibility index (Phi) is 4.85. The minimum atomic E-state index is -0.282. The molecule has 3 nitrogen and oxygen atoms in total. The Bertz CT molecular complexity index is 404. The second-order valence-corrected chi connectivity index (χ2v) is 7.42. The molecule has 108 valence electrons. The van der Waals surface area contributed by atoms with Crippen molar-refractivity contribution in [3.63, 3.8) is 0 Å². The van der Waals surface area contributed by atoms with E-state index < -0.39 is 0 Å². The van der Waals surface area contributed by atoms with Crippen molar-refractivity contribution in [1.82, 2.24) is 4.98 Å². The van der Waals surface area contributed by atoms with Crippen LogP contribution in [-0.2, 0) is 6.42 Å². The Hall–Kier alpha value is -0.610. The molecule has 19 heavy (non-hydrogen) atoms. The highest BCUT2D eigenvalue weighted by molar-refractivity contribution is 7.15. The van der Waals surface area contributed by atoms with Gasteiger partial charge in [0.1, 0.15) is 0 Å². The SMILES string of the molecule is CC(C)CN(CC(C)C)c1nc2c(s1)C(O)CCC2. The van der Waals surface area contributed by atoms with Crippen molar-refractivity contribution in [1.29, 1.82) is 0 Å². The molecule has 0 saturated heterocycles. The number of aromatic nitrogens is 1. The Balaban J connectivity index is 2.21. The highest BCUT2D eigenvalue weighted by Gasteiger charge is 2.25. The van der Waals surface area contributed by atoms with Crippen LogP contribution in [0.3, 0.4) is 0 Å². The maximum atomic E-state index is 10.1. The maximum Gasteiger partial charge on any atom is 0.185 e. The van der Waals surface area contributed by atoms with Crippen LogP contribution in [0, 0.1) is 11.8 Å². The number of aryl methyl sites for hydroxylation is 1. The quantitative estimate of drug-likeness (QED) is 0.896. The average Bonchev–Trinajstić information content (AvgIpc) is 2.72. The molecule has 1 atom stereocenters. The molecule has 0 aromatic carbocycles. The summed E-state index contributed by atoms with van der Waals surface area (Å²) < 4.78 is 0. The van der Waals surface area contributed by atoms with Crippen LogP contribution in [0.5, 0.6) is 0 Å². The summed E-state index contributed by atoms with van der Waals surface area (Å²) in [6, 6.07) is 0. The lowest BCUT2D eigenvalue weighted by molar-refractivity contribution is 0.160. The summed E-state index contributed by atoms with van der Waals surface area (Å²) >= 11 is 1.70. The van der Waals surface area contributed by atoms with Gasteiger partial charge in [0.05, 0.1) is 16.7 Å². The summed E-state index contributed by atoms with van der Waals surface area (Å²) in [5.74, 6) is 1.26.